The highest BCUT2D eigenvalue weighted by atomic mass is 16.5. The van der Waals surface area contributed by atoms with Gasteiger partial charge in [-0.05, 0) is 24.6 Å². The predicted octanol–water partition coefficient (Wildman–Crippen LogP) is 2.74. The minimum Gasteiger partial charge on any atom is -0.496 e. The van der Waals surface area contributed by atoms with Crippen LogP contribution < -0.4 is 9.47 Å². The molecule has 2 aliphatic rings. The van der Waals surface area contributed by atoms with Crippen molar-refractivity contribution in [3.63, 3.8) is 0 Å². The zero-order valence-electron chi connectivity index (χ0n) is 19.7. The second kappa shape index (κ2) is 10.6. The summed E-state index contributed by atoms with van der Waals surface area (Å²) in [6.45, 7) is 4.37. The molecule has 0 N–H and O–H groups in total. The zero-order chi connectivity index (χ0) is 24.1. The van der Waals surface area contributed by atoms with Crippen LogP contribution in [-0.2, 0) is 9.59 Å². The van der Waals surface area contributed by atoms with Gasteiger partial charge < -0.3 is 24.2 Å². The van der Waals surface area contributed by atoms with Gasteiger partial charge in [0.25, 0.3) is 5.91 Å². The summed E-state index contributed by atoms with van der Waals surface area (Å²) in [6, 6.07) is 14.5. The van der Waals surface area contributed by atoms with Gasteiger partial charge in [-0.1, -0.05) is 30.3 Å². The van der Waals surface area contributed by atoms with Gasteiger partial charge in [-0.2, -0.15) is 0 Å². The standard InChI is InChI=1S/C26H31N3O5/c1-19(30)29-15-14-28(18-22(29)20-8-3-5-10-23(20)33-2)26(32)21-9-4-6-11-24(21)34-17-16-27-13-7-12-25(27)31/h3-6,8-11,22H,7,12-18H2,1-2H3/t22-/m1/s1. The number of carbonyl (C=O) groups excluding carboxylic acids is 3. The molecular formula is C26H31N3O5. The van der Waals surface area contributed by atoms with Crippen LogP contribution >= 0.6 is 0 Å². The van der Waals surface area contributed by atoms with Gasteiger partial charge >= 0.3 is 0 Å². The fourth-order valence-corrected chi connectivity index (χ4v) is 4.70. The number of nitrogens with zero attached hydrogens (tertiary/aromatic N) is 3. The van der Waals surface area contributed by atoms with Crippen LogP contribution in [0.15, 0.2) is 48.5 Å². The third kappa shape index (κ3) is 5.00. The second-order valence-corrected chi connectivity index (χ2v) is 8.55. The van der Waals surface area contributed by atoms with E-state index in [1.807, 2.05) is 36.4 Å². The smallest absolute Gasteiger partial charge is 0.257 e. The first-order valence-corrected chi connectivity index (χ1v) is 11.7. The van der Waals surface area contributed by atoms with Gasteiger partial charge in [0.2, 0.25) is 11.8 Å². The van der Waals surface area contributed by atoms with Crippen LogP contribution in [0, 0.1) is 0 Å². The van der Waals surface area contributed by atoms with E-state index in [0.717, 1.165) is 18.5 Å². The van der Waals surface area contributed by atoms with Crippen LogP contribution in [-0.4, -0.2) is 78.9 Å². The lowest BCUT2D eigenvalue weighted by atomic mass is 10.00. The topological polar surface area (TPSA) is 79.4 Å². The zero-order valence-corrected chi connectivity index (χ0v) is 19.7. The number of amides is 3. The van der Waals surface area contributed by atoms with Crippen molar-refractivity contribution in [2.45, 2.75) is 25.8 Å². The van der Waals surface area contributed by atoms with Crippen molar-refractivity contribution in [1.82, 2.24) is 14.7 Å². The van der Waals surface area contributed by atoms with E-state index in [2.05, 4.69) is 0 Å². The minimum absolute atomic E-state index is 0.0387. The van der Waals surface area contributed by atoms with Crippen LogP contribution in [0.3, 0.4) is 0 Å². The number of likely N-dealkylation sites (tertiary alicyclic amines) is 1. The molecule has 2 fully saturated rings. The summed E-state index contributed by atoms with van der Waals surface area (Å²) in [6.07, 6.45) is 1.47. The largest absolute Gasteiger partial charge is 0.496 e. The van der Waals surface area contributed by atoms with Crippen molar-refractivity contribution in [3.05, 3.63) is 59.7 Å². The molecule has 0 radical (unpaired) electrons. The summed E-state index contributed by atoms with van der Waals surface area (Å²) >= 11 is 0. The van der Waals surface area contributed by atoms with Crippen molar-refractivity contribution in [2.75, 3.05) is 46.4 Å². The molecular weight excluding hydrogens is 434 g/mol. The Labute approximate surface area is 200 Å². The molecule has 0 saturated carbocycles. The Morgan fingerprint density at radius 1 is 1.00 bits per heavy atom. The highest BCUT2D eigenvalue weighted by molar-refractivity contribution is 5.97. The second-order valence-electron chi connectivity index (χ2n) is 8.55. The minimum atomic E-state index is -0.305. The van der Waals surface area contributed by atoms with Crippen molar-refractivity contribution in [1.29, 1.82) is 0 Å². The maximum Gasteiger partial charge on any atom is 0.257 e. The third-order valence-electron chi connectivity index (χ3n) is 6.48. The van der Waals surface area contributed by atoms with Gasteiger partial charge in [0.1, 0.15) is 18.1 Å². The summed E-state index contributed by atoms with van der Waals surface area (Å²) in [4.78, 5) is 43.1. The van der Waals surface area contributed by atoms with Gasteiger partial charge in [0.05, 0.1) is 25.3 Å². The number of para-hydroxylation sites is 2. The molecule has 1 atom stereocenters. The summed E-state index contributed by atoms with van der Waals surface area (Å²) in [7, 11) is 1.60. The Morgan fingerprint density at radius 3 is 2.44 bits per heavy atom. The van der Waals surface area contributed by atoms with Crippen molar-refractivity contribution >= 4 is 17.7 Å². The highest BCUT2D eigenvalue weighted by Gasteiger charge is 2.34. The molecule has 0 bridgehead atoms. The first-order chi connectivity index (χ1) is 16.5. The average Bonchev–Trinajstić information content (AvgIpc) is 3.27. The Hall–Kier alpha value is -3.55. The predicted molar refractivity (Wildman–Crippen MR) is 127 cm³/mol. The number of ether oxygens (including phenoxy) is 2. The summed E-state index contributed by atoms with van der Waals surface area (Å²) in [5.74, 6) is 1.16. The molecule has 180 valence electrons. The molecule has 0 unspecified atom stereocenters. The molecule has 0 spiro atoms. The Morgan fingerprint density at radius 2 is 1.74 bits per heavy atom. The first-order valence-electron chi connectivity index (χ1n) is 11.7. The quantitative estimate of drug-likeness (QED) is 0.628. The lowest BCUT2D eigenvalue weighted by molar-refractivity contribution is -0.133. The summed E-state index contributed by atoms with van der Waals surface area (Å²) < 4.78 is 11.5. The number of rotatable bonds is 7. The van der Waals surface area contributed by atoms with E-state index < -0.39 is 0 Å². The van der Waals surface area contributed by atoms with Gasteiger partial charge in [-0.3, -0.25) is 14.4 Å². The van der Waals surface area contributed by atoms with E-state index in [1.54, 1.807) is 40.9 Å². The molecule has 2 aliphatic heterocycles. The number of hydrogen-bond acceptors (Lipinski definition) is 5. The fourth-order valence-electron chi connectivity index (χ4n) is 4.70. The third-order valence-corrected chi connectivity index (χ3v) is 6.48. The molecule has 2 aromatic rings. The van der Waals surface area contributed by atoms with Crippen LogP contribution in [0.25, 0.3) is 0 Å². The summed E-state index contributed by atoms with van der Waals surface area (Å²) in [5.41, 5.74) is 1.35. The van der Waals surface area contributed by atoms with Gasteiger partial charge in [0.15, 0.2) is 0 Å². The molecule has 3 amide bonds. The Balaban J connectivity index is 1.50. The Bertz CT molecular complexity index is 1060. The average molecular weight is 466 g/mol. The molecule has 2 heterocycles. The molecule has 4 rings (SSSR count). The number of hydrogen-bond donors (Lipinski definition) is 0. The van der Waals surface area contributed by atoms with Crippen molar-refractivity contribution in [3.8, 4) is 11.5 Å². The van der Waals surface area contributed by atoms with Crippen LogP contribution in [0.2, 0.25) is 0 Å². The number of benzene rings is 2. The lowest BCUT2D eigenvalue weighted by Gasteiger charge is -2.41. The number of methoxy groups -OCH3 is 1. The molecule has 8 nitrogen and oxygen atoms in total. The highest BCUT2D eigenvalue weighted by Crippen LogP contribution is 2.33. The summed E-state index contributed by atoms with van der Waals surface area (Å²) in [5, 5.41) is 0. The molecule has 0 aromatic heterocycles. The van der Waals surface area contributed by atoms with E-state index in [9.17, 15) is 14.4 Å². The molecule has 34 heavy (non-hydrogen) atoms. The van der Waals surface area contributed by atoms with E-state index in [0.29, 0.717) is 56.3 Å². The Kier molecular flexibility index (Phi) is 7.35. The van der Waals surface area contributed by atoms with Crippen molar-refractivity contribution in [2.24, 2.45) is 0 Å². The van der Waals surface area contributed by atoms with E-state index in [-0.39, 0.29) is 23.8 Å². The number of carbonyl (C=O) groups is 3. The molecule has 8 heteroatoms. The first kappa shape index (κ1) is 23.6. The van der Waals surface area contributed by atoms with Crippen molar-refractivity contribution < 1.29 is 23.9 Å². The van der Waals surface area contributed by atoms with Gasteiger partial charge in [-0.15, -0.1) is 0 Å². The monoisotopic (exact) mass is 465 g/mol. The van der Waals surface area contributed by atoms with Crippen LogP contribution in [0.1, 0.15) is 41.7 Å². The fraction of sp³-hybridized carbons (Fsp3) is 0.423. The molecule has 2 saturated heterocycles. The van der Waals surface area contributed by atoms with E-state index >= 15 is 0 Å². The van der Waals surface area contributed by atoms with Crippen LogP contribution in [0.4, 0.5) is 0 Å². The maximum absolute atomic E-state index is 13.5. The molecule has 0 aliphatic carbocycles. The van der Waals surface area contributed by atoms with E-state index in [1.165, 1.54) is 0 Å². The van der Waals surface area contributed by atoms with E-state index in [4.69, 9.17) is 9.47 Å². The van der Waals surface area contributed by atoms with Gasteiger partial charge in [-0.25, -0.2) is 0 Å². The van der Waals surface area contributed by atoms with Gasteiger partial charge in [0, 0.05) is 45.1 Å². The lowest BCUT2D eigenvalue weighted by Crippen LogP contribution is -2.52. The molecule has 2 aromatic carbocycles. The normalized spacial score (nSPS) is 18.2. The van der Waals surface area contributed by atoms with Crippen LogP contribution in [0.5, 0.6) is 11.5 Å². The SMILES string of the molecule is COc1ccccc1[C@H]1CN(C(=O)c2ccccc2OCCN2CCCC2=O)CCN1C(C)=O. The number of piperazine rings is 1. The maximum atomic E-state index is 13.5.